The second kappa shape index (κ2) is 5.57. The zero-order valence-electron chi connectivity index (χ0n) is 10.9. The minimum atomic E-state index is -0.576. The molecule has 1 aliphatic rings. The number of carbonyl (C=O) groups excluding carboxylic acids is 1. The van der Waals surface area contributed by atoms with Gasteiger partial charge in [-0.1, -0.05) is 42.5 Å². The Labute approximate surface area is 117 Å². The molecule has 0 saturated carbocycles. The molecule has 0 atom stereocenters. The first kappa shape index (κ1) is 12.4. The van der Waals surface area contributed by atoms with E-state index in [9.17, 15) is 4.79 Å². The molecule has 0 bridgehead atoms. The number of nitrogens with one attached hydrogen (secondary N) is 1. The number of nitrogens with zero attached hydrogens (tertiary/aromatic N) is 1. The number of hydrazone groups is 1. The summed E-state index contributed by atoms with van der Waals surface area (Å²) in [5.74, 6) is 0.497. The average Bonchev–Trinajstić information content (AvgIpc) is 2.89. The number of aryl methyl sites for hydroxylation is 1. The minimum absolute atomic E-state index is 0.497. The van der Waals surface area contributed by atoms with Crippen molar-refractivity contribution in [2.45, 2.75) is 12.8 Å². The molecule has 0 aromatic heterocycles. The van der Waals surface area contributed by atoms with Gasteiger partial charge in [-0.25, -0.2) is 10.2 Å². The van der Waals surface area contributed by atoms with E-state index >= 15 is 0 Å². The van der Waals surface area contributed by atoms with Crippen LogP contribution in [0.3, 0.4) is 0 Å². The van der Waals surface area contributed by atoms with Crippen molar-refractivity contribution in [3.8, 4) is 5.75 Å². The van der Waals surface area contributed by atoms with E-state index in [4.69, 9.17) is 4.74 Å². The van der Waals surface area contributed by atoms with Gasteiger partial charge in [0.2, 0.25) is 0 Å². The third-order valence-corrected chi connectivity index (χ3v) is 3.20. The summed E-state index contributed by atoms with van der Waals surface area (Å²) in [6, 6.07) is 17.0. The topological polar surface area (TPSA) is 50.7 Å². The third-order valence-electron chi connectivity index (χ3n) is 3.20. The zero-order chi connectivity index (χ0) is 13.8. The normalized spacial score (nSPS) is 14.9. The van der Waals surface area contributed by atoms with Crippen molar-refractivity contribution < 1.29 is 9.53 Å². The highest BCUT2D eigenvalue weighted by atomic mass is 16.6. The lowest BCUT2D eigenvalue weighted by molar-refractivity contribution is 0.201. The second-order valence-corrected chi connectivity index (χ2v) is 4.53. The maximum atomic E-state index is 11.6. The Kier molecular flexibility index (Phi) is 3.46. The fraction of sp³-hybridized carbons (Fsp3) is 0.125. The summed E-state index contributed by atoms with van der Waals surface area (Å²) in [4.78, 5) is 11.6. The molecule has 1 N–H and O–H groups in total. The van der Waals surface area contributed by atoms with Crippen LogP contribution in [-0.4, -0.2) is 11.8 Å². The SMILES string of the molecule is O=C(NN=C1CCc2ccccc21)Oc1ccccc1. The number of amides is 1. The molecule has 3 rings (SSSR count). The van der Waals surface area contributed by atoms with Gasteiger partial charge in [-0.3, -0.25) is 0 Å². The van der Waals surface area contributed by atoms with Gasteiger partial charge in [-0.15, -0.1) is 0 Å². The number of fused-ring (bicyclic) bond motifs is 1. The van der Waals surface area contributed by atoms with Gasteiger partial charge in [-0.2, -0.15) is 5.10 Å². The molecule has 0 saturated heterocycles. The zero-order valence-corrected chi connectivity index (χ0v) is 10.9. The molecule has 0 fully saturated rings. The smallest absolute Gasteiger partial charge is 0.409 e. The second-order valence-electron chi connectivity index (χ2n) is 4.53. The first-order valence-corrected chi connectivity index (χ1v) is 6.50. The van der Waals surface area contributed by atoms with Crippen LogP contribution in [-0.2, 0) is 6.42 Å². The summed E-state index contributed by atoms with van der Waals surface area (Å²) in [7, 11) is 0. The van der Waals surface area contributed by atoms with Crippen molar-refractivity contribution in [1.29, 1.82) is 0 Å². The molecule has 4 nitrogen and oxygen atoms in total. The predicted octanol–water partition coefficient (Wildman–Crippen LogP) is 3.13. The first-order valence-electron chi connectivity index (χ1n) is 6.50. The molecule has 1 amide bonds. The van der Waals surface area contributed by atoms with Gasteiger partial charge in [-0.05, 0) is 30.5 Å². The van der Waals surface area contributed by atoms with E-state index in [0.29, 0.717) is 5.75 Å². The van der Waals surface area contributed by atoms with Crippen LogP contribution in [0.2, 0.25) is 0 Å². The highest BCUT2D eigenvalue weighted by Gasteiger charge is 2.17. The van der Waals surface area contributed by atoms with E-state index in [-0.39, 0.29) is 0 Å². The Balaban J connectivity index is 1.65. The van der Waals surface area contributed by atoms with Crippen molar-refractivity contribution in [3.05, 3.63) is 65.7 Å². The summed E-state index contributed by atoms with van der Waals surface area (Å²) in [5, 5.41) is 4.15. The largest absolute Gasteiger partial charge is 0.433 e. The number of hydrogen-bond donors (Lipinski definition) is 1. The van der Waals surface area contributed by atoms with E-state index < -0.39 is 6.09 Å². The van der Waals surface area contributed by atoms with Gasteiger partial charge < -0.3 is 4.74 Å². The molecule has 0 unspecified atom stereocenters. The first-order chi connectivity index (χ1) is 9.83. The number of para-hydroxylation sites is 1. The maximum absolute atomic E-state index is 11.6. The summed E-state index contributed by atoms with van der Waals surface area (Å²) in [6.45, 7) is 0. The van der Waals surface area contributed by atoms with Gasteiger partial charge >= 0.3 is 6.09 Å². The van der Waals surface area contributed by atoms with Crippen molar-refractivity contribution in [3.63, 3.8) is 0 Å². The van der Waals surface area contributed by atoms with Crippen molar-refractivity contribution in [2.75, 3.05) is 0 Å². The Hall–Kier alpha value is -2.62. The van der Waals surface area contributed by atoms with Crippen LogP contribution in [0, 0.1) is 0 Å². The minimum Gasteiger partial charge on any atom is -0.409 e. The van der Waals surface area contributed by atoms with E-state index in [1.165, 1.54) is 5.56 Å². The van der Waals surface area contributed by atoms with Crippen LogP contribution in [0.5, 0.6) is 5.75 Å². The van der Waals surface area contributed by atoms with Gasteiger partial charge in [0.1, 0.15) is 5.75 Å². The summed E-state index contributed by atoms with van der Waals surface area (Å²) in [6.07, 6.45) is 1.23. The van der Waals surface area contributed by atoms with Crippen LogP contribution in [0.1, 0.15) is 17.5 Å². The Morgan fingerprint density at radius 3 is 2.60 bits per heavy atom. The highest BCUT2D eigenvalue weighted by molar-refractivity contribution is 6.04. The van der Waals surface area contributed by atoms with E-state index in [1.54, 1.807) is 12.1 Å². The molecule has 20 heavy (non-hydrogen) atoms. The van der Waals surface area contributed by atoms with E-state index in [1.807, 2.05) is 36.4 Å². The van der Waals surface area contributed by atoms with Gasteiger partial charge in [0.05, 0.1) is 5.71 Å². The Morgan fingerprint density at radius 2 is 1.75 bits per heavy atom. The fourth-order valence-corrected chi connectivity index (χ4v) is 2.26. The van der Waals surface area contributed by atoms with Crippen molar-refractivity contribution in [2.24, 2.45) is 5.10 Å². The van der Waals surface area contributed by atoms with Gasteiger partial charge in [0.15, 0.2) is 0 Å². The molecular weight excluding hydrogens is 252 g/mol. The Morgan fingerprint density at radius 1 is 1.00 bits per heavy atom. The van der Waals surface area contributed by atoms with Gasteiger partial charge in [0.25, 0.3) is 0 Å². The molecular formula is C16H14N2O2. The van der Waals surface area contributed by atoms with E-state index in [2.05, 4.69) is 16.6 Å². The number of rotatable bonds is 2. The number of hydrogen-bond acceptors (Lipinski definition) is 3. The molecule has 0 aliphatic heterocycles. The summed E-state index contributed by atoms with van der Waals surface area (Å²) >= 11 is 0. The molecule has 4 heteroatoms. The lowest BCUT2D eigenvalue weighted by Crippen LogP contribution is -2.23. The standard InChI is InChI=1S/C16H14N2O2/c19-16(20-13-7-2-1-3-8-13)18-17-15-11-10-12-6-4-5-9-14(12)15/h1-9H,10-11H2,(H,18,19). The average molecular weight is 266 g/mol. The van der Waals surface area contributed by atoms with Crippen molar-refractivity contribution >= 4 is 11.8 Å². The summed E-state index contributed by atoms with van der Waals surface area (Å²) in [5.41, 5.74) is 5.71. The molecule has 0 spiro atoms. The monoisotopic (exact) mass is 266 g/mol. The molecule has 1 aliphatic carbocycles. The molecule has 0 heterocycles. The lowest BCUT2D eigenvalue weighted by atomic mass is 10.1. The molecule has 0 radical (unpaired) electrons. The lowest BCUT2D eigenvalue weighted by Gasteiger charge is -2.04. The van der Waals surface area contributed by atoms with Crippen molar-refractivity contribution in [1.82, 2.24) is 5.43 Å². The van der Waals surface area contributed by atoms with Crippen LogP contribution in [0.25, 0.3) is 0 Å². The quantitative estimate of drug-likeness (QED) is 0.849. The third kappa shape index (κ3) is 2.69. The van der Waals surface area contributed by atoms with Crippen LogP contribution >= 0.6 is 0 Å². The Bertz CT molecular complexity index is 651. The molecule has 100 valence electrons. The summed E-state index contributed by atoms with van der Waals surface area (Å²) < 4.78 is 5.11. The number of ether oxygens (including phenoxy) is 1. The number of carbonyl (C=O) groups is 1. The maximum Gasteiger partial charge on any atom is 0.433 e. The van der Waals surface area contributed by atoms with E-state index in [0.717, 1.165) is 24.1 Å². The van der Waals surface area contributed by atoms with Gasteiger partial charge in [0, 0.05) is 5.56 Å². The van der Waals surface area contributed by atoms with Crippen LogP contribution < -0.4 is 10.2 Å². The molecule has 2 aromatic carbocycles. The highest BCUT2D eigenvalue weighted by Crippen LogP contribution is 2.21. The van der Waals surface area contributed by atoms with Crippen LogP contribution in [0.4, 0.5) is 4.79 Å². The predicted molar refractivity (Wildman–Crippen MR) is 76.9 cm³/mol. The molecule has 2 aromatic rings. The fourth-order valence-electron chi connectivity index (χ4n) is 2.26. The number of benzene rings is 2. The van der Waals surface area contributed by atoms with Crippen LogP contribution in [0.15, 0.2) is 59.7 Å².